The number of hydrogen-bond donors (Lipinski definition) is 2. The number of nitrogens with zero attached hydrogens (tertiary/aromatic N) is 2. The number of hydrogen-bond acceptors (Lipinski definition) is 4. The van der Waals surface area contributed by atoms with Gasteiger partial charge in [-0.15, -0.1) is 0 Å². The predicted octanol–water partition coefficient (Wildman–Crippen LogP) is 1.55. The third-order valence-corrected chi connectivity index (χ3v) is 8.46. The monoisotopic (exact) mass is 326 g/mol. The number of piperidine rings is 4. The molecule has 1 aromatic rings. The number of rotatable bonds is 1. The highest BCUT2D eigenvalue weighted by Crippen LogP contribution is 2.68. The summed E-state index contributed by atoms with van der Waals surface area (Å²) in [6.07, 6.45) is 2.56. The van der Waals surface area contributed by atoms with E-state index in [1.165, 1.54) is 11.3 Å². The zero-order valence-electron chi connectivity index (χ0n) is 14.3. The van der Waals surface area contributed by atoms with Crippen molar-refractivity contribution in [3.8, 4) is 0 Å². The van der Waals surface area contributed by atoms with E-state index in [4.69, 9.17) is 0 Å². The average molecular weight is 326 g/mol. The van der Waals surface area contributed by atoms with Gasteiger partial charge in [-0.2, -0.15) is 0 Å². The topological polar surface area (TPSA) is 46.9 Å². The van der Waals surface area contributed by atoms with Crippen LogP contribution < -0.4 is 4.90 Å². The van der Waals surface area contributed by atoms with Gasteiger partial charge in [0.1, 0.15) is 6.23 Å². The number of benzene rings is 1. The van der Waals surface area contributed by atoms with Crippen LogP contribution in [0.5, 0.6) is 0 Å². The quantitative estimate of drug-likeness (QED) is 0.822. The maximum atomic E-state index is 11.6. The molecule has 1 spiro atoms. The van der Waals surface area contributed by atoms with Gasteiger partial charge >= 0.3 is 0 Å². The van der Waals surface area contributed by atoms with Gasteiger partial charge in [0.15, 0.2) is 0 Å². The summed E-state index contributed by atoms with van der Waals surface area (Å²) in [7, 11) is 2.19. The van der Waals surface area contributed by atoms with Crippen molar-refractivity contribution in [3.05, 3.63) is 29.8 Å². The van der Waals surface area contributed by atoms with Gasteiger partial charge in [-0.05, 0) is 36.8 Å². The van der Waals surface area contributed by atoms with Crippen LogP contribution in [0.25, 0.3) is 0 Å². The molecule has 5 fully saturated rings. The molecule has 5 heterocycles. The summed E-state index contributed by atoms with van der Waals surface area (Å²) in [5.74, 6) is 1.14. The molecular weight excluding hydrogens is 300 g/mol. The summed E-state index contributed by atoms with van der Waals surface area (Å²) in [5.41, 5.74) is 2.51. The van der Waals surface area contributed by atoms with E-state index in [0.717, 1.165) is 19.3 Å². The van der Waals surface area contributed by atoms with Gasteiger partial charge in [-0.25, -0.2) is 0 Å². The van der Waals surface area contributed by atoms with Crippen molar-refractivity contribution in [2.24, 2.45) is 17.8 Å². The Morgan fingerprint density at radius 1 is 1.21 bits per heavy atom. The third-order valence-electron chi connectivity index (χ3n) is 8.46. The number of aliphatic hydroxyl groups excluding tert-OH is 2. The van der Waals surface area contributed by atoms with Gasteiger partial charge in [0.05, 0.1) is 12.1 Å². The Kier molecular flexibility index (Phi) is 2.45. The number of para-hydroxylation sites is 1. The van der Waals surface area contributed by atoms with Crippen LogP contribution in [0.3, 0.4) is 0 Å². The summed E-state index contributed by atoms with van der Waals surface area (Å²) in [6, 6.07) is 9.70. The molecule has 6 aliphatic rings. The first-order chi connectivity index (χ1) is 11.6. The van der Waals surface area contributed by atoms with Gasteiger partial charge < -0.3 is 15.1 Å². The lowest BCUT2D eigenvalue weighted by atomic mass is 9.62. The molecule has 1 saturated carbocycles. The van der Waals surface area contributed by atoms with Gasteiger partial charge in [0.25, 0.3) is 0 Å². The lowest BCUT2D eigenvalue weighted by Crippen LogP contribution is -2.72. The van der Waals surface area contributed by atoms with Crippen LogP contribution in [0.4, 0.5) is 5.69 Å². The summed E-state index contributed by atoms with van der Waals surface area (Å²) in [5, 5.41) is 22.6. The fourth-order valence-electron chi connectivity index (χ4n) is 7.88. The first-order valence-electron chi connectivity index (χ1n) is 9.57. The second kappa shape index (κ2) is 4.17. The fraction of sp³-hybridized carbons (Fsp3) is 0.700. The number of fused-ring (bicyclic) bond motifs is 2. The van der Waals surface area contributed by atoms with E-state index in [-0.39, 0.29) is 17.7 Å². The number of anilines is 1. The van der Waals surface area contributed by atoms with E-state index in [2.05, 4.69) is 48.0 Å². The Labute approximate surface area is 143 Å². The number of likely N-dealkylation sites (N-methyl/N-ethyl adjacent to an activating group) is 1. The minimum absolute atomic E-state index is 0.126. The molecule has 4 saturated heterocycles. The Bertz CT molecular complexity index is 723. The van der Waals surface area contributed by atoms with E-state index >= 15 is 0 Å². The second-order valence-corrected chi connectivity index (χ2v) is 8.81. The Balaban J connectivity index is 1.60. The van der Waals surface area contributed by atoms with Crippen LogP contribution in [0.2, 0.25) is 0 Å². The summed E-state index contributed by atoms with van der Waals surface area (Å²) in [4.78, 5) is 4.83. The zero-order chi connectivity index (χ0) is 16.4. The highest BCUT2D eigenvalue weighted by Gasteiger charge is 2.76. The van der Waals surface area contributed by atoms with Gasteiger partial charge in [0.2, 0.25) is 0 Å². The van der Waals surface area contributed by atoms with Crippen LogP contribution in [-0.4, -0.2) is 52.6 Å². The van der Waals surface area contributed by atoms with Crippen LogP contribution >= 0.6 is 0 Å². The normalized spacial score (nSPS) is 55.8. The van der Waals surface area contributed by atoms with Crippen LogP contribution in [0.1, 0.15) is 31.7 Å². The van der Waals surface area contributed by atoms with Crippen molar-refractivity contribution >= 4 is 5.69 Å². The largest absolute Gasteiger partial charge is 0.392 e. The van der Waals surface area contributed by atoms with Gasteiger partial charge in [-0.1, -0.05) is 25.1 Å². The molecule has 0 amide bonds. The van der Waals surface area contributed by atoms with Crippen molar-refractivity contribution in [2.75, 3.05) is 11.9 Å². The van der Waals surface area contributed by atoms with Crippen molar-refractivity contribution in [1.82, 2.24) is 4.90 Å². The lowest BCUT2D eigenvalue weighted by molar-refractivity contribution is -0.211. The standard InChI is InChI=1S/C20H26N2O2/c1-3-10-11-8-14-17-20(12-6-4-5-7-13(12)21(17)2)9-15(16(11)18(20)23)22(14)19(10)24/h4-7,10-11,14-19,23-24H,3,8-9H2,1-2H3/t10-,11+,14+,15-,16-,17-,18-,19+,20+/m0/s1. The van der Waals surface area contributed by atoms with Crippen molar-refractivity contribution in [1.29, 1.82) is 0 Å². The Hall–Kier alpha value is -1.10. The van der Waals surface area contributed by atoms with E-state index in [9.17, 15) is 10.2 Å². The van der Waals surface area contributed by atoms with Gasteiger partial charge in [-0.3, -0.25) is 4.90 Å². The van der Waals surface area contributed by atoms with E-state index in [1.54, 1.807) is 0 Å². The molecule has 2 N–H and O–H groups in total. The lowest BCUT2D eigenvalue weighted by Gasteiger charge is -2.62. The third kappa shape index (κ3) is 1.20. The van der Waals surface area contributed by atoms with Crippen molar-refractivity contribution in [3.63, 3.8) is 0 Å². The molecule has 1 aromatic carbocycles. The predicted molar refractivity (Wildman–Crippen MR) is 91.7 cm³/mol. The maximum Gasteiger partial charge on any atom is 0.111 e. The minimum atomic E-state index is -0.319. The molecule has 1 aliphatic carbocycles. The molecule has 1 unspecified atom stereocenters. The smallest absolute Gasteiger partial charge is 0.111 e. The SMILES string of the molecule is CC[C@H]1[C@H]2C[C@@H]3[C@@H]4N(C)c5ccccc5[C@]45C[C@@H]([C@H]2[C@@H]5O)N3[C@@H]1O. The highest BCUT2D eigenvalue weighted by atomic mass is 16.3. The molecular formula is C20H26N2O2. The summed E-state index contributed by atoms with van der Waals surface area (Å²) >= 11 is 0. The first kappa shape index (κ1) is 14.1. The molecule has 10 atom stereocenters. The van der Waals surface area contributed by atoms with E-state index < -0.39 is 0 Å². The van der Waals surface area contributed by atoms with E-state index in [1.807, 2.05) is 0 Å². The molecule has 5 bridgehead atoms. The van der Waals surface area contributed by atoms with Crippen molar-refractivity contribution < 1.29 is 10.2 Å². The molecule has 128 valence electrons. The minimum Gasteiger partial charge on any atom is -0.392 e. The van der Waals surface area contributed by atoms with Crippen LogP contribution in [0.15, 0.2) is 24.3 Å². The average Bonchev–Trinajstić information content (AvgIpc) is 2.97. The zero-order valence-corrected chi connectivity index (χ0v) is 14.3. The Morgan fingerprint density at radius 2 is 2.00 bits per heavy atom. The molecule has 0 aromatic heterocycles. The molecule has 0 radical (unpaired) electrons. The first-order valence-corrected chi connectivity index (χ1v) is 9.57. The van der Waals surface area contributed by atoms with Crippen molar-refractivity contribution in [2.45, 2.75) is 62.1 Å². The molecule has 24 heavy (non-hydrogen) atoms. The molecule has 4 nitrogen and oxygen atoms in total. The van der Waals surface area contributed by atoms with Crippen LogP contribution in [-0.2, 0) is 5.41 Å². The highest BCUT2D eigenvalue weighted by molar-refractivity contribution is 5.67. The van der Waals surface area contributed by atoms with E-state index in [0.29, 0.717) is 35.9 Å². The Morgan fingerprint density at radius 3 is 2.79 bits per heavy atom. The summed E-state index contributed by atoms with van der Waals surface area (Å²) < 4.78 is 0. The fourth-order valence-corrected chi connectivity index (χ4v) is 7.88. The summed E-state index contributed by atoms with van der Waals surface area (Å²) in [6.45, 7) is 2.19. The second-order valence-electron chi connectivity index (χ2n) is 8.81. The maximum absolute atomic E-state index is 11.6. The van der Waals surface area contributed by atoms with Crippen LogP contribution in [0, 0.1) is 17.8 Å². The number of aliphatic hydroxyl groups is 2. The molecule has 5 aliphatic heterocycles. The molecule has 4 heteroatoms. The van der Waals surface area contributed by atoms with Gasteiger partial charge in [0, 0.05) is 42.1 Å². The molecule has 7 rings (SSSR count).